The number of halogens is 3. The number of hydrogen-bond acceptors (Lipinski definition) is 2. The molecule has 1 N–H and O–H groups in total. The fourth-order valence-corrected chi connectivity index (χ4v) is 1.38. The Hall–Kier alpha value is -2.04. The lowest BCUT2D eigenvalue weighted by molar-refractivity contribution is -0.119. The lowest BCUT2D eigenvalue weighted by Gasteiger charge is -2.04. The summed E-state index contributed by atoms with van der Waals surface area (Å²) >= 11 is 0. The molecular weight excluding hydrogens is 231 g/mol. The molecule has 0 aliphatic heterocycles. The number of aromatic nitrogens is 1. The molecule has 2 rings (SSSR count). The minimum absolute atomic E-state index is 0.0681. The van der Waals surface area contributed by atoms with E-state index in [1.807, 2.05) is 6.07 Å². The van der Waals surface area contributed by atoms with Gasteiger partial charge in [-0.25, -0.2) is 4.98 Å². The van der Waals surface area contributed by atoms with E-state index >= 15 is 0 Å². The maximum atomic E-state index is 12.1. The van der Waals surface area contributed by atoms with Gasteiger partial charge in [0.1, 0.15) is 0 Å². The zero-order chi connectivity index (χ0) is 12.5. The summed E-state index contributed by atoms with van der Waals surface area (Å²) in [4.78, 5) is 3.99. The molecule has 0 saturated heterocycles. The summed E-state index contributed by atoms with van der Waals surface area (Å²) in [6.45, 7) is 0. The van der Waals surface area contributed by atoms with Crippen molar-refractivity contribution < 1.29 is 18.3 Å². The molecule has 88 valence electrons. The van der Waals surface area contributed by atoms with Gasteiger partial charge in [0.05, 0.1) is 11.2 Å². The molecule has 0 fully saturated rings. The first-order valence-electron chi connectivity index (χ1n) is 4.80. The molecule has 0 aliphatic carbocycles. The predicted molar refractivity (Wildman–Crippen MR) is 58.4 cm³/mol. The van der Waals surface area contributed by atoms with Crippen molar-refractivity contribution in [2.24, 2.45) is 0 Å². The van der Waals surface area contributed by atoms with Crippen molar-refractivity contribution in [1.82, 2.24) is 4.98 Å². The van der Waals surface area contributed by atoms with Gasteiger partial charge in [-0.05, 0) is 12.1 Å². The van der Waals surface area contributed by atoms with Crippen LogP contribution >= 0.6 is 0 Å². The lowest BCUT2D eigenvalue weighted by atomic mass is 10.2. The average Bonchev–Trinajstić information content (AvgIpc) is 2.27. The second-order valence-corrected chi connectivity index (χ2v) is 3.46. The van der Waals surface area contributed by atoms with E-state index in [4.69, 9.17) is 5.11 Å². The molecule has 0 spiro atoms. The van der Waals surface area contributed by atoms with Crippen LogP contribution in [0.15, 0.2) is 42.2 Å². The van der Waals surface area contributed by atoms with E-state index < -0.39 is 11.9 Å². The first-order valence-corrected chi connectivity index (χ1v) is 4.80. The summed E-state index contributed by atoms with van der Waals surface area (Å²) in [7, 11) is 0. The second kappa shape index (κ2) is 4.08. The normalized spacial score (nSPS) is 13.0. The highest BCUT2D eigenvalue weighted by Gasteiger charge is 2.33. The highest BCUT2D eigenvalue weighted by Crippen LogP contribution is 2.25. The van der Waals surface area contributed by atoms with E-state index in [1.165, 1.54) is 6.07 Å². The number of para-hydroxylation sites is 1. The SMILES string of the molecule is O/C(=C\c1ccc2ccccc2n1)C(F)(F)F. The topological polar surface area (TPSA) is 33.1 Å². The molecule has 0 aliphatic rings. The van der Waals surface area contributed by atoms with Gasteiger partial charge < -0.3 is 5.11 Å². The third-order valence-corrected chi connectivity index (χ3v) is 2.19. The molecule has 0 amide bonds. The number of aliphatic hydroxyl groups is 1. The number of allylic oxidation sites excluding steroid dienone is 1. The number of alkyl halides is 3. The van der Waals surface area contributed by atoms with Gasteiger partial charge in [-0.15, -0.1) is 0 Å². The average molecular weight is 239 g/mol. The summed E-state index contributed by atoms with van der Waals surface area (Å²) in [5.41, 5.74) is 0.648. The Balaban J connectivity index is 2.44. The summed E-state index contributed by atoms with van der Waals surface area (Å²) in [6, 6.07) is 10.1. The third-order valence-electron chi connectivity index (χ3n) is 2.19. The Kier molecular flexibility index (Phi) is 2.75. The van der Waals surface area contributed by atoms with Crippen LogP contribution in [0.25, 0.3) is 17.0 Å². The Labute approximate surface area is 95.0 Å². The summed E-state index contributed by atoms with van der Waals surface area (Å²) in [6.07, 6.45) is -4.14. The molecule has 1 aromatic heterocycles. The number of hydrogen-bond donors (Lipinski definition) is 1. The maximum absolute atomic E-state index is 12.1. The molecule has 0 bridgehead atoms. The zero-order valence-electron chi connectivity index (χ0n) is 8.57. The monoisotopic (exact) mass is 239 g/mol. The van der Waals surface area contributed by atoms with E-state index in [1.54, 1.807) is 24.3 Å². The van der Waals surface area contributed by atoms with E-state index in [0.717, 1.165) is 5.39 Å². The minimum atomic E-state index is -4.74. The predicted octanol–water partition coefficient (Wildman–Crippen LogP) is 3.70. The van der Waals surface area contributed by atoms with Crippen LogP contribution in [0.2, 0.25) is 0 Å². The fourth-order valence-electron chi connectivity index (χ4n) is 1.38. The quantitative estimate of drug-likeness (QED) is 0.770. The van der Waals surface area contributed by atoms with Crippen LogP contribution in [0.1, 0.15) is 5.69 Å². The van der Waals surface area contributed by atoms with E-state index in [-0.39, 0.29) is 5.69 Å². The highest BCUT2D eigenvalue weighted by atomic mass is 19.4. The Morgan fingerprint density at radius 1 is 1.12 bits per heavy atom. The highest BCUT2D eigenvalue weighted by molar-refractivity contribution is 5.79. The molecule has 1 aromatic carbocycles. The van der Waals surface area contributed by atoms with E-state index in [9.17, 15) is 13.2 Å². The van der Waals surface area contributed by atoms with Crippen molar-refractivity contribution >= 4 is 17.0 Å². The van der Waals surface area contributed by atoms with Crippen LogP contribution in [0, 0.1) is 0 Å². The molecule has 2 aromatic rings. The van der Waals surface area contributed by atoms with Crippen LogP contribution in [0.4, 0.5) is 13.2 Å². The third kappa shape index (κ3) is 2.55. The first-order chi connectivity index (χ1) is 7.97. The maximum Gasteiger partial charge on any atom is 0.448 e. The van der Waals surface area contributed by atoms with Gasteiger partial charge in [0.2, 0.25) is 0 Å². The van der Waals surface area contributed by atoms with Gasteiger partial charge in [-0.2, -0.15) is 13.2 Å². The first kappa shape index (κ1) is 11.4. The van der Waals surface area contributed by atoms with E-state index in [0.29, 0.717) is 11.6 Å². The fraction of sp³-hybridized carbons (Fsp3) is 0.0833. The molecular formula is C12H8F3NO. The summed E-state index contributed by atoms with van der Waals surface area (Å²) in [5, 5.41) is 9.64. The van der Waals surface area contributed by atoms with Crippen molar-refractivity contribution in [3.05, 3.63) is 47.9 Å². The number of rotatable bonds is 1. The van der Waals surface area contributed by atoms with Crippen LogP contribution in [-0.2, 0) is 0 Å². The standard InChI is InChI=1S/C12H8F3NO/c13-12(14,15)11(17)7-9-6-5-8-3-1-2-4-10(8)16-9/h1-7,17H/b11-7-. The Bertz CT molecular complexity index is 575. The zero-order valence-corrected chi connectivity index (χ0v) is 8.57. The van der Waals surface area contributed by atoms with Gasteiger partial charge in [0.25, 0.3) is 0 Å². The molecule has 1 heterocycles. The molecule has 2 nitrogen and oxygen atoms in total. The lowest BCUT2D eigenvalue weighted by Crippen LogP contribution is -2.10. The van der Waals surface area contributed by atoms with Gasteiger partial charge in [0.15, 0.2) is 5.76 Å². The number of fused-ring (bicyclic) bond motifs is 1. The molecule has 0 atom stereocenters. The molecule has 0 radical (unpaired) electrons. The number of nitrogens with zero attached hydrogens (tertiary/aromatic N) is 1. The number of pyridine rings is 1. The molecule has 0 unspecified atom stereocenters. The molecule has 5 heteroatoms. The van der Waals surface area contributed by atoms with Crippen molar-refractivity contribution in [1.29, 1.82) is 0 Å². The Morgan fingerprint density at radius 2 is 1.82 bits per heavy atom. The van der Waals surface area contributed by atoms with Crippen molar-refractivity contribution in [3.63, 3.8) is 0 Å². The summed E-state index contributed by atoms with van der Waals surface area (Å²) < 4.78 is 36.3. The van der Waals surface area contributed by atoms with Crippen LogP contribution in [-0.4, -0.2) is 16.3 Å². The van der Waals surface area contributed by atoms with Gasteiger partial charge in [0, 0.05) is 11.5 Å². The van der Waals surface area contributed by atoms with Crippen LogP contribution < -0.4 is 0 Å². The van der Waals surface area contributed by atoms with Crippen molar-refractivity contribution in [2.45, 2.75) is 6.18 Å². The number of benzene rings is 1. The van der Waals surface area contributed by atoms with Crippen molar-refractivity contribution in [2.75, 3.05) is 0 Å². The van der Waals surface area contributed by atoms with Crippen LogP contribution in [0.3, 0.4) is 0 Å². The minimum Gasteiger partial charge on any atom is -0.504 e. The van der Waals surface area contributed by atoms with Crippen LogP contribution in [0.5, 0.6) is 0 Å². The summed E-state index contributed by atoms with van der Waals surface area (Å²) in [5.74, 6) is -1.65. The molecule has 17 heavy (non-hydrogen) atoms. The van der Waals surface area contributed by atoms with Gasteiger partial charge >= 0.3 is 6.18 Å². The number of aliphatic hydroxyl groups excluding tert-OH is 1. The van der Waals surface area contributed by atoms with E-state index in [2.05, 4.69) is 4.98 Å². The van der Waals surface area contributed by atoms with Gasteiger partial charge in [-0.1, -0.05) is 24.3 Å². The Morgan fingerprint density at radius 3 is 2.53 bits per heavy atom. The van der Waals surface area contributed by atoms with Crippen molar-refractivity contribution in [3.8, 4) is 0 Å². The smallest absolute Gasteiger partial charge is 0.448 e. The largest absolute Gasteiger partial charge is 0.504 e. The molecule has 0 saturated carbocycles. The second-order valence-electron chi connectivity index (χ2n) is 3.46. The van der Waals surface area contributed by atoms with Gasteiger partial charge in [-0.3, -0.25) is 0 Å².